The van der Waals surface area contributed by atoms with Gasteiger partial charge < -0.3 is 15.4 Å². The van der Waals surface area contributed by atoms with E-state index in [-0.39, 0.29) is 24.0 Å². The fourth-order valence-electron chi connectivity index (χ4n) is 3.38. The third-order valence-corrected chi connectivity index (χ3v) is 4.75. The highest BCUT2D eigenvalue weighted by molar-refractivity contribution is 5.79. The van der Waals surface area contributed by atoms with Crippen molar-refractivity contribution in [2.75, 3.05) is 13.1 Å². The summed E-state index contributed by atoms with van der Waals surface area (Å²) in [5.74, 6) is 0.484. The van der Waals surface area contributed by atoms with Gasteiger partial charge in [-0.1, -0.05) is 13.3 Å². The summed E-state index contributed by atoms with van der Waals surface area (Å²) in [7, 11) is 0. The fourth-order valence-corrected chi connectivity index (χ4v) is 3.38. The number of carbonyl (C=O) groups is 1. The van der Waals surface area contributed by atoms with Crippen LogP contribution in [0.2, 0.25) is 0 Å². The summed E-state index contributed by atoms with van der Waals surface area (Å²) in [6, 6.07) is 0.586. The number of hydrogen-bond donors (Lipinski definition) is 2. The lowest BCUT2D eigenvalue weighted by molar-refractivity contribution is -0.127. The summed E-state index contributed by atoms with van der Waals surface area (Å²) >= 11 is 0. The van der Waals surface area contributed by atoms with E-state index in [1.54, 1.807) is 0 Å². The van der Waals surface area contributed by atoms with Gasteiger partial charge in [0.15, 0.2) is 0 Å². The van der Waals surface area contributed by atoms with E-state index in [4.69, 9.17) is 4.74 Å². The Labute approximate surface area is 116 Å². The first-order valence-electron chi connectivity index (χ1n) is 7.76. The Morgan fingerprint density at radius 1 is 1.26 bits per heavy atom. The molecule has 19 heavy (non-hydrogen) atoms. The van der Waals surface area contributed by atoms with Crippen LogP contribution in [0.25, 0.3) is 0 Å². The van der Waals surface area contributed by atoms with Gasteiger partial charge in [0.2, 0.25) is 5.91 Å². The topological polar surface area (TPSA) is 50.4 Å². The van der Waals surface area contributed by atoms with Crippen molar-refractivity contribution >= 4 is 5.91 Å². The predicted molar refractivity (Wildman–Crippen MR) is 75.9 cm³/mol. The van der Waals surface area contributed by atoms with Crippen LogP contribution in [0.4, 0.5) is 0 Å². The van der Waals surface area contributed by atoms with Gasteiger partial charge in [-0.3, -0.25) is 4.79 Å². The van der Waals surface area contributed by atoms with Crippen LogP contribution in [0.5, 0.6) is 0 Å². The molecule has 5 unspecified atom stereocenters. The van der Waals surface area contributed by atoms with Crippen molar-refractivity contribution in [2.45, 2.75) is 64.7 Å². The molecule has 5 atom stereocenters. The van der Waals surface area contributed by atoms with Crippen LogP contribution in [0.1, 0.15) is 46.5 Å². The highest BCUT2D eigenvalue weighted by Gasteiger charge is 2.41. The molecule has 4 heteroatoms. The molecule has 1 amide bonds. The minimum atomic E-state index is 0.00863. The molecule has 0 aromatic carbocycles. The Kier molecular flexibility index (Phi) is 5.22. The van der Waals surface area contributed by atoms with Crippen LogP contribution < -0.4 is 10.6 Å². The van der Waals surface area contributed by atoms with E-state index in [0.717, 1.165) is 19.5 Å². The molecule has 0 aromatic heterocycles. The van der Waals surface area contributed by atoms with E-state index in [0.29, 0.717) is 12.0 Å². The number of nitrogens with one attached hydrogen (secondary N) is 2. The smallest absolute Gasteiger partial charge is 0.226 e. The van der Waals surface area contributed by atoms with Crippen molar-refractivity contribution in [1.29, 1.82) is 0 Å². The number of hydrogen-bond acceptors (Lipinski definition) is 3. The third kappa shape index (κ3) is 3.69. The Morgan fingerprint density at radius 2 is 2.05 bits per heavy atom. The van der Waals surface area contributed by atoms with Crippen LogP contribution in [0, 0.1) is 11.8 Å². The van der Waals surface area contributed by atoms with Crippen molar-refractivity contribution in [3.63, 3.8) is 0 Å². The monoisotopic (exact) mass is 268 g/mol. The van der Waals surface area contributed by atoms with Crippen molar-refractivity contribution < 1.29 is 9.53 Å². The Hall–Kier alpha value is -0.610. The molecule has 0 radical (unpaired) electrons. The summed E-state index contributed by atoms with van der Waals surface area (Å²) in [4.78, 5) is 12.2. The second-order valence-corrected chi connectivity index (χ2v) is 6.16. The SMILES string of the molecule is CC1OC(C)C(C(=O)NCCC2CCCCN2)C1C. The highest BCUT2D eigenvalue weighted by atomic mass is 16.5. The second-order valence-electron chi connectivity index (χ2n) is 6.16. The van der Waals surface area contributed by atoms with E-state index in [9.17, 15) is 4.79 Å². The molecule has 2 saturated heterocycles. The van der Waals surface area contributed by atoms with Gasteiger partial charge in [0.05, 0.1) is 18.1 Å². The molecule has 2 aliphatic rings. The van der Waals surface area contributed by atoms with Gasteiger partial charge >= 0.3 is 0 Å². The summed E-state index contributed by atoms with van der Waals surface area (Å²) < 4.78 is 5.73. The van der Waals surface area contributed by atoms with Crippen LogP contribution in [0.15, 0.2) is 0 Å². The first kappa shape index (κ1) is 14.8. The zero-order valence-electron chi connectivity index (χ0n) is 12.4. The van der Waals surface area contributed by atoms with Gasteiger partial charge in [-0.25, -0.2) is 0 Å². The molecule has 0 bridgehead atoms. The van der Waals surface area contributed by atoms with E-state index >= 15 is 0 Å². The van der Waals surface area contributed by atoms with Gasteiger partial charge in [-0.05, 0) is 45.6 Å². The minimum Gasteiger partial charge on any atom is -0.374 e. The summed E-state index contributed by atoms with van der Waals surface area (Å²) in [6.45, 7) is 8.08. The molecule has 110 valence electrons. The molecule has 0 aliphatic carbocycles. The Morgan fingerprint density at radius 3 is 2.63 bits per heavy atom. The maximum atomic E-state index is 12.2. The summed E-state index contributed by atoms with van der Waals surface area (Å²) in [6.07, 6.45) is 5.11. The number of ether oxygens (including phenoxy) is 1. The molecular weight excluding hydrogens is 240 g/mol. The maximum Gasteiger partial charge on any atom is 0.226 e. The lowest BCUT2D eigenvalue weighted by Gasteiger charge is -2.24. The van der Waals surface area contributed by atoms with Crippen molar-refractivity contribution in [3.8, 4) is 0 Å². The van der Waals surface area contributed by atoms with Crippen LogP contribution >= 0.6 is 0 Å². The molecule has 2 heterocycles. The van der Waals surface area contributed by atoms with Crippen molar-refractivity contribution in [1.82, 2.24) is 10.6 Å². The van der Waals surface area contributed by atoms with Crippen LogP contribution in [-0.4, -0.2) is 37.2 Å². The standard InChI is InChI=1S/C15H28N2O2/c1-10-11(2)19-12(3)14(10)15(18)17-9-7-13-6-4-5-8-16-13/h10-14,16H,4-9H2,1-3H3,(H,17,18). The molecular formula is C15H28N2O2. The summed E-state index contributed by atoms with van der Waals surface area (Å²) in [5.41, 5.74) is 0. The molecule has 2 rings (SSSR count). The number of carbonyl (C=O) groups excluding carboxylic acids is 1. The summed E-state index contributed by atoms with van der Waals surface area (Å²) in [5, 5.41) is 6.61. The van der Waals surface area contributed by atoms with E-state index < -0.39 is 0 Å². The molecule has 0 saturated carbocycles. The molecule has 0 aromatic rings. The zero-order chi connectivity index (χ0) is 13.8. The molecule has 4 nitrogen and oxygen atoms in total. The van der Waals surface area contributed by atoms with Crippen LogP contribution in [0.3, 0.4) is 0 Å². The molecule has 2 aliphatic heterocycles. The Balaban J connectivity index is 1.72. The average Bonchev–Trinajstić information content (AvgIpc) is 2.64. The first-order valence-corrected chi connectivity index (χ1v) is 7.76. The number of amides is 1. The molecule has 2 fully saturated rings. The first-order chi connectivity index (χ1) is 9.09. The quantitative estimate of drug-likeness (QED) is 0.816. The molecule has 0 spiro atoms. The highest BCUT2D eigenvalue weighted by Crippen LogP contribution is 2.32. The Bertz CT molecular complexity index is 303. The zero-order valence-corrected chi connectivity index (χ0v) is 12.4. The third-order valence-electron chi connectivity index (χ3n) is 4.75. The van der Waals surface area contributed by atoms with Crippen molar-refractivity contribution in [2.24, 2.45) is 11.8 Å². The van der Waals surface area contributed by atoms with Crippen LogP contribution in [-0.2, 0) is 9.53 Å². The lowest BCUT2D eigenvalue weighted by Crippen LogP contribution is -2.41. The van der Waals surface area contributed by atoms with Gasteiger partial charge in [0.1, 0.15) is 0 Å². The molecule has 2 N–H and O–H groups in total. The lowest BCUT2D eigenvalue weighted by atomic mass is 9.89. The van der Waals surface area contributed by atoms with Gasteiger partial charge in [0, 0.05) is 12.6 Å². The minimum absolute atomic E-state index is 0.00863. The second kappa shape index (κ2) is 6.71. The van der Waals surface area contributed by atoms with E-state index in [1.165, 1.54) is 19.3 Å². The number of piperidine rings is 1. The largest absolute Gasteiger partial charge is 0.374 e. The van der Waals surface area contributed by atoms with Gasteiger partial charge in [-0.2, -0.15) is 0 Å². The normalized spacial score (nSPS) is 39.2. The van der Waals surface area contributed by atoms with Gasteiger partial charge in [0.25, 0.3) is 0 Å². The predicted octanol–water partition coefficient (Wildman–Crippen LogP) is 1.69. The fraction of sp³-hybridized carbons (Fsp3) is 0.933. The average molecular weight is 268 g/mol. The number of rotatable bonds is 4. The van der Waals surface area contributed by atoms with E-state index in [1.807, 2.05) is 6.92 Å². The maximum absolute atomic E-state index is 12.2. The van der Waals surface area contributed by atoms with Gasteiger partial charge in [-0.15, -0.1) is 0 Å². The van der Waals surface area contributed by atoms with Crippen molar-refractivity contribution in [3.05, 3.63) is 0 Å². The van der Waals surface area contributed by atoms with E-state index in [2.05, 4.69) is 24.5 Å².